The third-order valence-electron chi connectivity index (χ3n) is 3.63. The first-order chi connectivity index (χ1) is 10.3. The summed E-state index contributed by atoms with van der Waals surface area (Å²) in [4.78, 5) is 14.7. The first kappa shape index (κ1) is 16.3. The van der Waals surface area contributed by atoms with Gasteiger partial charge in [0.2, 0.25) is 5.91 Å². The van der Waals surface area contributed by atoms with E-state index in [2.05, 4.69) is 17.4 Å². The average Bonchev–Trinajstić information content (AvgIpc) is 2.55. The fourth-order valence-corrected chi connectivity index (χ4v) is 3.36. The average molecular weight is 308 g/mol. The summed E-state index contributed by atoms with van der Waals surface area (Å²) >= 11 is 1.91. The summed E-state index contributed by atoms with van der Waals surface area (Å²) in [6, 6.07) is 9.91. The van der Waals surface area contributed by atoms with Crippen molar-refractivity contribution in [2.45, 2.75) is 18.9 Å². The fraction of sp³-hybridized carbons (Fsp3) is 0.562. The van der Waals surface area contributed by atoms with Gasteiger partial charge in [-0.3, -0.25) is 4.79 Å². The van der Waals surface area contributed by atoms with E-state index in [9.17, 15) is 4.79 Å². The Bertz CT molecular complexity index is 422. The number of amides is 1. The first-order valence-corrected chi connectivity index (χ1v) is 8.71. The standard InChI is InChI=1S/C16H24N2O2S/c19-10-4-7-17-15(13-14-5-2-1-3-6-14)16(20)18-8-11-21-12-9-18/h1-3,5-6,15,17,19H,4,7-13H2. The molecule has 1 heterocycles. The Hall–Kier alpha value is -1.04. The van der Waals surface area contributed by atoms with Crippen LogP contribution in [-0.2, 0) is 11.2 Å². The van der Waals surface area contributed by atoms with E-state index in [0.717, 1.165) is 24.6 Å². The molecule has 0 spiro atoms. The van der Waals surface area contributed by atoms with Crippen LogP contribution in [0.4, 0.5) is 0 Å². The lowest BCUT2D eigenvalue weighted by Gasteiger charge is -2.30. The van der Waals surface area contributed by atoms with Gasteiger partial charge in [0.1, 0.15) is 0 Å². The largest absolute Gasteiger partial charge is 0.396 e. The second kappa shape index (κ2) is 9.07. The number of rotatable bonds is 7. The zero-order valence-electron chi connectivity index (χ0n) is 12.3. The van der Waals surface area contributed by atoms with Crippen LogP contribution in [0, 0.1) is 0 Å². The zero-order chi connectivity index (χ0) is 14.9. The van der Waals surface area contributed by atoms with E-state index in [1.165, 1.54) is 5.56 Å². The Morgan fingerprint density at radius 1 is 1.29 bits per heavy atom. The van der Waals surface area contributed by atoms with Gasteiger partial charge in [-0.05, 0) is 24.9 Å². The topological polar surface area (TPSA) is 52.6 Å². The molecule has 5 heteroatoms. The molecule has 0 aliphatic carbocycles. The van der Waals surface area contributed by atoms with Gasteiger partial charge >= 0.3 is 0 Å². The summed E-state index contributed by atoms with van der Waals surface area (Å²) in [5.74, 6) is 2.25. The van der Waals surface area contributed by atoms with E-state index in [1.54, 1.807) is 0 Å². The summed E-state index contributed by atoms with van der Waals surface area (Å²) in [6.07, 6.45) is 1.38. The molecule has 1 unspecified atom stereocenters. The second-order valence-corrected chi connectivity index (χ2v) is 6.44. The van der Waals surface area contributed by atoms with Crippen LogP contribution in [0.1, 0.15) is 12.0 Å². The lowest BCUT2D eigenvalue weighted by molar-refractivity contribution is -0.133. The van der Waals surface area contributed by atoms with Crippen LogP contribution in [0.5, 0.6) is 0 Å². The maximum absolute atomic E-state index is 12.7. The summed E-state index contributed by atoms with van der Waals surface area (Å²) in [5.41, 5.74) is 1.17. The molecular weight excluding hydrogens is 284 g/mol. The van der Waals surface area contributed by atoms with Crippen LogP contribution in [0.2, 0.25) is 0 Å². The number of thioether (sulfide) groups is 1. The molecule has 1 aliphatic rings. The highest BCUT2D eigenvalue weighted by Gasteiger charge is 2.25. The van der Waals surface area contributed by atoms with Crippen molar-refractivity contribution in [1.29, 1.82) is 0 Å². The molecule has 1 aromatic rings. The Kier molecular flexibility index (Phi) is 7.06. The third kappa shape index (κ3) is 5.34. The van der Waals surface area contributed by atoms with Crippen LogP contribution >= 0.6 is 11.8 Å². The van der Waals surface area contributed by atoms with Gasteiger partial charge in [0.15, 0.2) is 0 Å². The SMILES string of the molecule is O=C(C(Cc1ccccc1)NCCCO)N1CCSCC1. The maximum Gasteiger partial charge on any atom is 0.240 e. The number of nitrogens with one attached hydrogen (secondary N) is 1. The van der Waals surface area contributed by atoms with Gasteiger partial charge in [-0.1, -0.05) is 30.3 Å². The highest BCUT2D eigenvalue weighted by molar-refractivity contribution is 7.99. The molecule has 2 N–H and O–H groups in total. The Morgan fingerprint density at radius 2 is 2.00 bits per heavy atom. The lowest BCUT2D eigenvalue weighted by atomic mass is 10.0. The normalized spacial score (nSPS) is 16.7. The van der Waals surface area contributed by atoms with Crippen LogP contribution in [0.15, 0.2) is 30.3 Å². The number of benzene rings is 1. The molecule has 116 valence electrons. The highest BCUT2D eigenvalue weighted by atomic mass is 32.2. The Balaban J connectivity index is 1.98. The second-order valence-electron chi connectivity index (χ2n) is 5.21. The smallest absolute Gasteiger partial charge is 0.240 e. The van der Waals surface area contributed by atoms with E-state index in [-0.39, 0.29) is 18.6 Å². The van der Waals surface area contributed by atoms with Crippen LogP contribution < -0.4 is 5.32 Å². The van der Waals surface area contributed by atoms with Crippen molar-refractivity contribution in [1.82, 2.24) is 10.2 Å². The predicted molar refractivity (Wildman–Crippen MR) is 87.5 cm³/mol. The predicted octanol–water partition coefficient (Wildman–Crippen LogP) is 1.15. The molecule has 4 nitrogen and oxygen atoms in total. The molecule has 1 aromatic carbocycles. The number of aliphatic hydroxyl groups excluding tert-OH is 1. The van der Waals surface area contributed by atoms with Crippen molar-refractivity contribution in [2.24, 2.45) is 0 Å². The molecule has 0 saturated carbocycles. The van der Waals surface area contributed by atoms with Gasteiger partial charge in [0.05, 0.1) is 6.04 Å². The van der Waals surface area contributed by atoms with E-state index < -0.39 is 0 Å². The van der Waals surface area contributed by atoms with E-state index >= 15 is 0 Å². The summed E-state index contributed by atoms with van der Waals surface area (Å²) in [7, 11) is 0. The minimum atomic E-state index is -0.193. The molecule has 21 heavy (non-hydrogen) atoms. The van der Waals surface area contributed by atoms with E-state index in [0.29, 0.717) is 19.4 Å². The number of nitrogens with zero attached hydrogens (tertiary/aromatic N) is 1. The van der Waals surface area contributed by atoms with E-state index in [1.807, 2.05) is 34.9 Å². The van der Waals surface area contributed by atoms with Gasteiger partial charge in [0, 0.05) is 31.2 Å². The van der Waals surface area contributed by atoms with Gasteiger partial charge in [-0.25, -0.2) is 0 Å². The molecule has 1 atom stereocenters. The van der Waals surface area contributed by atoms with Crippen LogP contribution in [-0.4, -0.2) is 59.7 Å². The van der Waals surface area contributed by atoms with Crippen molar-refractivity contribution < 1.29 is 9.90 Å². The zero-order valence-corrected chi connectivity index (χ0v) is 13.1. The lowest BCUT2D eigenvalue weighted by Crippen LogP contribution is -2.50. The van der Waals surface area contributed by atoms with Crippen molar-refractivity contribution >= 4 is 17.7 Å². The van der Waals surface area contributed by atoms with E-state index in [4.69, 9.17) is 5.11 Å². The van der Waals surface area contributed by atoms with Gasteiger partial charge in [-0.2, -0.15) is 11.8 Å². The monoisotopic (exact) mass is 308 g/mol. The quantitative estimate of drug-likeness (QED) is 0.742. The van der Waals surface area contributed by atoms with Crippen LogP contribution in [0.3, 0.4) is 0 Å². The summed E-state index contributed by atoms with van der Waals surface area (Å²) in [5, 5.41) is 12.2. The Morgan fingerprint density at radius 3 is 2.67 bits per heavy atom. The molecule has 0 radical (unpaired) electrons. The van der Waals surface area contributed by atoms with Crippen LogP contribution in [0.25, 0.3) is 0 Å². The van der Waals surface area contributed by atoms with Crippen molar-refractivity contribution in [2.75, 3.05) is 37.7 Å². The number of aliphatic hydroxyl groups is 1. The molecule has 0 bridgehead atoms. The van der Waals surface area contributed by atoms with Gasteiger partial charge in [-0.15, -0.1) is 0 Å². The maximum atomic E-state index is 12.7. The molecule has 2 rings (SSSR count). The molecule has 0 aromatic heterocycles. The van der Waals surface area contributed by atoms with Crippen molar-refractivity contribution in [3.8, 4) is 0 Å². The highest BCUT2D eigenvalue weighted by Crippen LogP contribution is 2.12. The molecule has 1 saturated heterocycles. The first-order valence-electron chi connectivity index (χ1n) is 7.56. The third-order valence-corrected chi connectivity index (χ3v) is 4.57. The number of carbonyl (C=O) groups is 1. The molecular formula is C16H24N2O2S. The summed E-state index contributed by atoms with van der Waals surface area (Å²) < 4.78 is 0. The minimum Gasteiger partial charge on any atom is -0.396 e. The molecule has 1 fully saturated rings. The van der Waals surface area contributed by atoms with Crippen molar-refractivity contribution in [3.63, 3.8) is 0 Å². The number of carbonyl (C=O) groups excluding carboxylic acids is 1. The number of hydrogen-bond acceptors (Lipinski definition) is 4. The van der Waals surface area contributed by atoms with Gasteiger partial charge < -0.3 is 15.3 Å². The van der Waals surface area contributed by atoms with Crippen molar-refractivity contribution in [3.05, 3.63) is 35.9 Å². The fourth-order valence-electron chi connectivity index (χ4n) is 2.46. The minimum absolute atomic E-state index is 0.152. The van der Waals surface area contributed by atoms with Gasteiger partial charge in [0.25, 0.3) is 0 Å². The summed E-state index contributed by atoms with van der Waals surface area (Å²) in [6.45, 7) is 2.51. The number of hydrogen-bond donors (Lipinski definition) is 2. The molecule has 1 aliphatic heterocycles. The molecule has 1 amide bonds. The Labute approximate surface area is 130 Å².